The Morgan fingerprint density at radius 3 is 2.85 bits per heavy atom. The topological polar surface area (TPSA) is 109 Å². The maximum atomic E-state index is 12.1. The Kier molecular flexibility index (Phi) is 8.12. The van der Waals surface area contributed by atoms with Gasteiger partial charge in [-0.3, -0.25) is 14.3 Å². The highest BCUT2D eigenvalue weighted by Gasteiger charge is 2.27. The molecule has 1 saturated heterocycles. The molecule has 148 valence electrons. The van der Waals surface area contributed by atoms with Crippen molar-refractivity contribution >= 4 is 41.5 Å². The molecule has 1 aliphatic heterocycles. The van der Waals surface area contributed by atoms with Crippen LogP contribution in [0.2, 0.25) is 10.0 Å². The number of H-pyrrole nitrogens is 1. The molecule has 0 aliphatic carbocycles. The molecule has 0 unspecified atom stereocenters. The van der Waals surface area contributed by atoms with Gasteiger partial charge in [0.25, 0.3) is 0 Å². The maximum Gasteiger partial charge on any atom is 0.438 e. The molecule has 1 aliphatic rings. The molecule has 1 aromatic carbocycles. The van der Waals surface area contributed by atoms with E-state index in [1.807, 2.05) is 6.07 Å². The third-order valence-corrected chi connectivity index (χ3v) is 4.80. The maximum absolute atomic E-state index is 12.1. The number of ether oxygens (including phenoxy) is 1. The molecule has 2 aromatic rings. The lowest BCUT2D eigenvalue weighted by molar-refractivity contribution is -0.121. The summed E-state index contributed by atoms with van der Waals surface area (Å²) in [6.45, 7) is 2.34. The summed E-state index contributed by atoms with van der Waals surface area (Å²) in [5.74, 6) is -0.778. The Labute approximate surface area is 171 Å². The van der Waals surface area contributed by atoms with Crippen LogP contribution < -0.4 is 16.4 Å². The minimum atomic E-state index is -0.686. The molecule has 0 bridgehead atoms. The van der Waals surface area contributed by atoms with Gasteiger partial charge in [0.1, 0.15) is 0 Å². The molecule has 8 nitrogen and oxygen atoms in total. The van der Waals surface area contributed by atoms with Crippen LogP contribution in [0.4, 0.5) is 0 Å². The second-order valence-corrected chi connectivity index (χ2v) is 6.77. The molecule has 27 heavy (non-hydrogen) atoms. The summed E-state index contributed by atoms with van der Waals surface area (Å²) >= 11 is 12.1. The number of carbonyl (C=O) groups excluding carboxylic acids is 1. The molecule has 2 heterocycles. The lowest BCUT2D eigenvalue weighted by atomic mass is 9.95. The molecule has 3 N–H and O–H groups in total. The summed E-state index contributed by atoms with van der Waals surface area (Å²) in [5.41, 5.74) is 0.906. The van der Waals surface area contributed by atoms with E-state index in [0.29, 0.717) is 29.7 Å². The predicted molar refractivity (Wildman–Crippen MR) is 103 cm³/mol. The average molecular weight is 438 g/mol. The van der Waals surface area contributed by atoms with Crippen LogP contribution in [-0.2, 0) is 16.0 Å². The van der Waals surface area contributed by atoms with E-state index in [0.717, 1.165) is 12.1 Å². The first kappa shape index (κ1) is 21.7. The standard InChI is InChI=1S/C16H18Cl2N4O4.ClH/c17-11-2-1-9(5-12(11)18)15-10(7-19-3-4-25-15)8-20-14(23)6-13-21-16(24)26-22-13;/h1-2,5,10,15,19H,3-4,6-8H2,(H,20,23)(H,21,22,24);1H/t10-,15-;/m0./s1. The van der Waals surface area contributed by atoms with E-state index >= 15 is 0 Å². The quantitative estimate of drug-likeness (QED) is 0.657. The Morgan fingerprint density at radius 1 is 1.33 bits per heavy atom. The van der Waals surface area contributed by atoms with Crippen LogP contribution >= 0.6 is 35.6 Å². The third kappa shape index (κ3) is 5.95. The van der Waals surface area contributed by atoms with Crippen molar-refractivity contribution in [2.75, 3.05) is 26.2 Å². The van der Waals surface area contributed by atoms with Crippen LogP contribution in [0.3, 0.4) is 0 Å². The van der Waals surface area contributed by atoms with Gasteiger partial charge in [0.15, 0.2) is 5.82 Å². The van der Waals surface area contributed by atoms with E-state index < -0.39 is 5.76 Å². The van der Waals surface area contributed by atoms with E-state index in [-0.39, 0.29) is 42.6 Å². The lowest BCUT2D eigenvalue weighted by Crippen LogP contribution is -2.37. The SMILES string of the molecule is Cl.O=C(Cc1noc(=O)[nH]1)NC[C@@H]1CNCCO[C@H]1c1ccc(Cl)c(Cl)c1. The van der Waals surface area contributed by atoms with E-state index in [1.165, 1.54) is 0 Å². The Balaban J connectivity index is 0.00000261. The van der Waals surface area contributed by atoms with Crippen LogP contribution in [0, 0.1) is 5.92 Å². The molecule has 1 fully saturated rings. The molecule has 1 aromatic heterocycles. The zero-order valence-corrected chi connectivity index (χ0v) is 16.5. The van der Waals surface area contributed by atoms with Gasteiger partial charge in [-0.05, 0) is 17.7 Å². The van der Waals surface area contributed by atoms with Gasteiger partial charge in [-0.2, -0.15) is 0 Å². The summed E-state index contributed by atoms with van der Waals surface area (Å²) in [4.78, 5) is 25.3. The van der Waals surface area contributed by atoms with Gasteiger partial charge in [0.05, 0.1) is 29.2 Å². The van der Waals surface area contributed by atoms with Crippen LogP contribution in [0.15, 0.2) is 27.5 Å². The van der Waals surface area contributed by atoms with Crippen molar-refractivity contribution < 1.29 is 14.1 Å². The number of benzene rings is 1. The van der Waals surface area contributed by atoms with Crippen molar-refractivity contribution in [2.24, 2.45) is 5.92 Å². The van der Waals surface area contributed by atoms with E-state index in [1.54, 1.807) is 12.1 Å². The zero-order chi connectivity index (χ0) is 18.5. The largest absolute Gasteiger partial charge is 0.438 e. The molecule has 0 spiro atoms. The molecule has 3 rings (SSSR count). The number of hydrogen-bond acceptors (Lipinski definition) is 6. The van der Waals surface area contributed by atoms with Gasteiger partial charge in [0.2, 0.25) is 5.91 Å². The fraction of sp³-hybridized carbons (Fsp3) is 0.438. The van der Waals surface area contributed by atoms with E-state index in [4.69, 9.17) is 27.9 Å². The molecular weight excluding hydrogens is 419 g/mol. The lowest BCUT2D eigenvalue weighted by Gasteiger charge is -2.25. The van der Waals surface area contributed by atoms with Gasteiger partial charge in [-0.25, -0.2) is 4.79 Å². The predicted octanol–water partition coefficient (Wildman–Crippen LogP) is 1.73. The van der Waals surface area contributed by atoms with Gasteiger partial charge in [-0.15, -0.1) is 12.4 Å². The van der Waals surface area contributed by atoms with Crippen molar-refractivity contribution in [1.82, 2.24) is 20.8 Å². The van der Waals surface area contributed by atoms with Crippen LogP contribution in [0.5, 0.6) is 0 Å². The number of halogens is 3. The van der Waals surface area contributed by atoms with Gasteiger partial charge in [-0.1, -0.05) is 34.4 Å². The number of rotatable bonds is 5. The average Bonchev–Trinajstić information content (AvgIpc) is 2.88. The van der Waals surface area contributed by atoms with E-state index in [2.05, 4.69) is 25.3 Å². The fourth-order valence-electron chi connectivity index (χ4n) is 2.82. The second kappa shape index (κ2) is 10.1. The van der Waals surface area contributed by atoms with Crippen molar-refractivity contribution in [1.29, 1.82) is 0 Å². The minimum absolute atomic E-state index is 0. The highest BCUT2D eigenvalue weighted by Crippen LogP contribution is 2.31. The fourth-order valence-corrected chi connectivity index (χ4v) is 3.13. The number of hydrogen-bond donors (Lipinski definition) is 3. The van der Waals surface area contributed by atoms with Gasteiger partial charge < -0.3 is 15.4 Å². The van der Waals surface area contributed by atoms with Gasteiger partial charge in [0, 0.05) is 25.6 Å². The van der Waals surface area contributed by atoms with Crippen molar-refractivity contribution in [3.63, 3.8) is 0 Å². The number of aromatic amines is 1. The normalized spacial score (nSPS) is 19.8. The minimum Gasteiger partial charge on any atom is -0.372 e. The zero-order valence-electron chi connectivity index (χ0n) is 14.2. The summed E-state index contributed by atoms with van der Waals surface area (Å²) in [6, 6.07) is 5.39. The van der Waals surface area contributed by atoms with Crippen LogP contribution in [-0.4, -0.2) is 42.3 Å². The number of nitrogens with zero attached hydrogens (tertiary/aromatic N) is 1. The molecular formula is C16H19Cl3N4O4. The summed E-state index contributed by atoms with van der Waals surface area (Å²) in [5, 5.41) is 10.6. The summed E-state index contributed by atoms with van der Waals surface area (Å²) < 4.78 is 10.3. The van der Waals surface area contributed by atoms with Crippen molar-refractivity contribution in [3.05, 3.63) is 50.2 Å². The van der Waals surface area contributed by atoms with Crippen molar-refractivity contribution in [2.45, 2.75) is 12.5 Å². The number of aromatic nitrogens is 2. The Bertz CT molecular complexity index is 826. The van der Waals surface area contributed by atoms with Crippen LogP contribution in [0.25, 0.3) is 0 Å². The summed E-state index contributed by atoms with van der Waals surface area (Å²) in [7, 11) is 0. The highest BCUT2D eigenvalue weighted by atomic mass is 35.5. The first-order valence-corrected chi connectivity index (χ1v) is 8.87. The Morgan fingerprint density at radius 2 is 2.15 bits per heavy atom. The first-order chi connectivity index (χ1) is 12.5. The summed E-state index contributed by atoms with van der Waals surface area (Å²) in [6.07, 6.45) is -0.295. The van der Waals surface area contributed by atoms with Crippen LogP contribution in [0.1, 0.15) is 17.5 Å². The monoisotopic (exact) mass is 436 g/mol. The van der Waals surface area contributed by atoms with Gasteiger partial charge >= 0.3 is 5.76 Å². The van der Waals surface area contributed by atoms with Crippen molar-refractivity contribution in [3.8, 4) is 0 Å². The first-order valence-electron chi connectivity index (χ1n) is 8.12. The van der Waals surface area contributed by atoms with E-state index in [9.17, 15) is 9.59 Å². The number of amides is 1. The molecule has 1 amide bonds. The molecule has 0 saturated carbocycles. The second-order valence-electron chi connectivity index (χ2n) is 5.95. The number of nitrogens with one attached hydrogen (secondary N) is 3. The number of carbonyl (C=O) groups is 1. The smallest absolute Gasteiger partial charge is 0.372 e. The highest BCUT2D eigenvalue weighted by molar-refractivity contribution is 6.42. The molecule has 2 atom stereocenters. The molecule has 0 radical (unpaired) electrons. The third-order valence-electron chi connectivity index (χ3n) is 4.06. The molecule has 11 heteroatoms. The Hall–Kier alpha value is -1.58.